The van der Waals surface area contributed by atoms with E-state index >= 15 is 0 Å². The molecule has 0 bridgehead atoms. The summed E-state index contributed by atoms with van der Waals surface area (Å²) in [5, 5.41) is 3.06. The average molecular weight is 354 g/mol. The molecule has 0 radical (unpaired) electrons. The molecule has 1 amide bonds. The van der Waals surface area contributed by atoms with Gasteiger partial charge in [0.05, 0.1) is 0 Å². The van der Waals surface area contributed by atoms with Crippen LogP contribution in [-0.2, 0) is 11.3 Å². The normalized spacial score (nSPS) is 21.2. The summed E-state index contributed by atoms with van der Waals surface area (Å²) < 4.78 is 0. The van der Waals surface area contributed by atoms with Gasteiger partial charge in [0.25, 0.3) is 5.91 Å². The molecule has 2 aromatic rings. The fourth-order valence-electron chi connectivity index (χ4n) is 3.72. The van der Waals surface area contributed by atoms with Crippen LogP contribution in [0.1, 0.15) is 23.6 Å². The van der Waals surface area contributed by atoms with Crippen LogP contribution in [0.4, 0.5) is 5.69 Å². The Labute approximate surface area is 156 Å². The fourth-order valence-corrected chi connectivity index (χ4v) is 3.72. The van der Waals surface area contributed by atoms with Crippen molar-refractivity contribution in [2.75, 3.05) is 31.5 Å². The summed E-state index contributed by atoms with van der Waals surface area (Å²) in [4.78, 5) is 15.6. The quantitative estimate of drug-likeness (QED) is 0.724. The Hall–Kier alpha value is -2.17. The van der Waals surface area contributed by atoms with Gasteiger partial charge in [-0.25, -0.2) is 0 Å². The van der Waals surface area contributed by atoms with Crippen LogP contribution < -0.4 is 15.1 Å². The minimum Gasteiger partial charge on any atom is -0.322 e. The smallest absolute Gasteiger partial charge is 0.282 e. The maximum absolute atomic E-state index is 12.6. The first-order valence-corrected chi connectivity index (χ1v) is 9.62. The van der Waals surface area contributed by atoms with E-state index in [0.29, 0.717) is 0 Å². The SMILES string of the molecule is Cc1ccc(NC(=O)[C@@H](C)[NH+]2CC[NH+](Cc3cccc(C)c3)CC2)cc1. The van der Waals surface area contributed by atoms with Crippen LogP contribution in [0.5, 0.6) is 0 Å². The lowest BCUT2D eigenvalue weighted by molar-refractivity contribution is -1.02. The molecule has 2 aromatic carbocycles. The first-order chi connectivity index (χ1) is 12.5. The lowest BCUT2D eigenvalue weighted by Crippen LogP contribution is -3.29. The molecule has 1 aliphatic rings. The molecular formula is C22H31N3O+2. The maximum Gasteiger partial charge on any atom is 0.282 e. The molecular weight excluding hydrogens is 322 g/mol. The number of hydrogen-bond acceptors (Lipinski definition) is 1. The third-order valence-electron chi connectivity index (χ3n) is 5.46. The van der Waals surface area contributed by atoms with Gasteiger partial charge >= 0.3 is 0 Å². The molecule has 1 atom stereocenters. The molecule has 1 aliphatic heterocycles. The predicted molar refractivity (Wildman–Crippen MR) is 106 cm³/mol. The molecule has 0 aliphatic carbocycles. The molecule has 138 valence electrons. The molecule has 0 spiro atoms. The number of quaternary nitrogens is 2. The Morgan fingerprint density at radius 2 is 1.69 bits per heavy atom. The number of aryl methyl sites for hydroxylation is 2. The van der Waals surface area contributed by atoms with E-state index in [-0.39, 0.29) is 11.9 Å². The third kappa shape index (κ3) is 4.93. The molecule has 26 heavy (non-hydrogen) atoms. The van der Waals surface area contributed by atoms with E-state index in [9.17, 15) is 4.79 Å². The number of piperazine rings is 1. The second-order valence-corrected chi connectivity index (χ2v) is 7.65. The fraction of sp³-hybridized carbons (Fsp3) is 0.409. The van der Waals surface area contributed by atoms with Crippen molar-refractivity contribution in [2.45, 2.75) is 33.4 Å². The zero-order valence-corrected chi connectivity index (χ0v) is 16.1. The number of carbonyl (C=O) groups excluding carboxylic acids is 1. The summed E-state index contributed by atoms with van der Waals surface area (Å²) in [6, 6.07) is 16.8. The number of amides is 1. The molecule has 1 saturated heterocycles. The number of rotatable bonds is 5. The van der Waals surface area contributed by atoms with Crippen LogP contribution in [0.3, 0.4) is 0 Å². The molecule has 3 rings (SSSR count). The summed E-state index contributed by atoms with van der Waals surface area (Å²) >= 11 is 0. The molecule has 1 heterocycles. The van der Waals surface area contributed by atoms with Gasteiger partial charge in [-0.15, -0.1) is 0 Å². The first kappa shape index (κ1) is 18.6. The van der Waals surface area contributed by atoms with Crippen LogP contribution in [0, 0.1) is 13.8 Å². The van der Waals surface area contributed by atoms with Crippen molar-refractivity contribution < 1.29 is 14.6 Å². The first-order valence-electron chi connectivity index (χ1n) is 9.62. The van der Waals surface area contributed by atoms with Crippen molar-refractivity contribution in [1.82, 2.24) is 0 Å². The van der Waals surface area contributed by atoms with E-state index < -0.39 is 0 Å². The van der Waals surface area contributed by atoms with Crippen molar-refractivity contribution in [3.05, 3.63) is 65.2 Å². The highest BCUT2D eigenvalue weighted by Crippen LogP contribution is 2.08. The number of anilines is 1. The van der Waals surface area contributed by atoms with Gasteiger partial charge in [0.1, 0.15) is 32.7 Å². The Morgan fingerprint density at radius 1 is 1.00 bits per heavy atom. The molecule has 4 nitrogen and oxygen atoms in total. The molecule has 0 unspecified atom stereocenters. The average Bonchev–Trinajstić information content (AvgIpc) is 2.64. The highest BCUT2D eigenvalue weighted by molar-refractivity contribution is 5.93. The molecule has 1 fully saturated rings. The second kappa shape index (κ2) is 8.47. The van der Waals surface area contributed by atoms with Crippen LogP contribution in [-0.4, -0.2) is 38.1 Å². The third-order valence-corrected chi connectivity index (χ3v) is 5.46. The van der Waals surface area contributed by atoms with Crippen molar-refractivity contribution in [1.29, 1.82) is 0 Å². The topological polar surface area (TPSA) is 38.0 Å². The van der Waals surface area contributed by atoms with Crippen molar-refractivity contribution in [2.24, 2.45) is 0 Å². The van der Waals surface area contributed by atoms with Gasteiger partial charge in [0.15, 0.2) is 6.04 Å². The minimum absolute atomic E-state index is 0.0168. The number of benzene rings is 2. The maximum atomic E-state index is 12.6. The number of carbonyl (C=O) groups is 1. The standard InChI is InChI=1S/C22H29N3O/c1-17-7-9-21(10-8-17)23-22(26)19(3)25-13-11-24(12-14-25)16-20-6-4-5-18(2)15-20/h4-10,15,19H,11-14,16H2,1-3H3,(H,23,26)/p+2/t19-/m1/s1. The Balaban J connectivity index is 1.49. The monoisotopic (exact) mass is 353 g/mol. The van der Waals surface area contributed by atoms with Crippen molar-refractivity contribution >= 4 is 11.6 Å². The summed E-state index contributed by atoms with van der Waals surface area (Å²) in [5.74, 6) is 0.117. The van der Waals surface area contributed by atoms with Gasteiger partial charge in [-0.05, 0) is 32.9 Å². The largest absolute Gasteiger partial charge is 0.322 e. The van der Waals surface area contributed by atoms with Crippen LogP contribution >= 0.6 is 0 Å². The molecule has 0 saturated carbocycles. The van der Waals surface area contributed by atoms with Gasteiger partial charge < -0.3 is 15.1 Å². The van der Waals surface area contributed by atoms with Gasteiger partial charge in [-0.2, -0.15) is 0 Å². The van der Waals surface area contributed by atoms with E-state index in [1.54, 1.807) is 4.90 Å². The van der Waals surface area contributed by atoms with Crippen LogP contribution in [0.15, 0.2) is 48.5 Å². The van der Waals surface area contributed by atoms with E-state index in [2.05, 4.69) is 43.4 Å². The highest BCUT2D eigenvalue weighted by atomic mass is 16.2. The zero-order chi connectivity index (χ0) is 18.5. The van der Waals surface area contributed by atoms with E-state index in [0.717, 1.165) is 38.4 Å². The van der Waals surface area contributed by atoms with Crippen LogP contribution in [0.2, 0.25) is 0 Å². The van der Waals surface area contributed by atoms with E-state index in [4.69, 9.17) is 0 Å². The molecule has 4 heteroatoms. The lowest BCUT2D eigenvalue weighted by atomic mass is 10.1. The van der Waals surface area contributed by atoms with Gasteiger partial charge in [0.2, 0.25) is 0 Å². The summed E-state index contributed by atoms with van der Waals surface area (Å²) in [6.07, 6.45) is 0. The van der Waals surface area contributed by atoms with Gasteiger partial charge in [0, 0.05) is 11.3 Å². The minimum atomic E-state index is -0.0168. The number of nitrogens with one attached hydrogen (secondary N) is 3. The summed E-state index contributed by atoms with van der Waals surface area (Å²) in [5.41, 5.74) is 4.83. The predicted octanol–water partition coefficient (Wildman–Crippen LogP) is 0.614. The van der Waals surface area contributed by atoms with Gasteiger partial charge in [-0.1, -0.05) is 47.5 Å². The second-order valence-electron chi connectivity index (χ2n) is 7.65. The molecule has 0 aromatic heterocycles. The summed E-state index contributed by atoms with van der Waals surface area (Å²) in [6.45, 7) is 11.7. The number of hydrogen-bond donors (Lipinski definition) is 3. The van der Waals surface area contributed by atoms with E-state index in [1.165, 1.54) is 21.6 Å². The van der Waals surface area contributed by atoms with Crippen LogP contribution in [0.25, 0.3) is 0 Å². The Morgan fingerprint density at radius 3 is 2.35 bits per heavy atom. The van der Waals surface area contributed by atoms with E-state index in [1.807, 2.05) is 31.2 Å². The lowest BCUT2D eigenvalue weighted by Gasteiger charge is -2.32. The summed E-state index contributed by atoms with van der Waals surface area (Å²) in [7, 11) is 0. The van der Waals surface area contributed by atoms with Crippen molar-refractivity contribution in [3.63, 3.8) is 0 Å². The molecule has 3 N–H and O–H groups in total. The zero-order valence-electron chi connectivity index (χ0n) is 16.1. The Kier molecular flexibility index (Phi) is 6.07. The van der Waals surface area contributed by atoms with Gasteiger partial charge in [-0.3, -0.25) is 4.79 Å². The van der Waals surface area contributed by atoms with Crippen molar-refractivity contribution in [3.8, 4) is 0 Å². The highest BCUT2D eigenvalue weighted by Gasteiger charge is 2.31. The Bertz CT molecular complexity index is 733.